The van der Waals surface area contributed by atoms with E-state index in [4.69, 9.17) is 9.84 Å². The lowest BCUT2D eigenvalue weighted by Gasteiger charge is -2.30. The standard InChI is InChI=1S/C15H21NO3/c1-11(2)19-14-5-3-4-13(10-14)12-6-8-16(9-7-12)15(17)18/h3-5,10-12H,6-9H2,1-2H3,(H,17,18). The molecular formula is C15H21NO3. The van der Waals surface area contributed by atoms with Gasteiger partial charge < -0.3 is 14.7 Å². The fraction of sp³-hybridized carbons (Fsp3) is 0.533. The Kier molecular flexibility index (Phi) is 4.30. The van der Waals surface area contributed by atoms with Crippen LogP contribution < -0.4 is 4.74 Å². The van der Waals surface area contributed by atoms with Gasteiger partial charge in [-0.25, -0.2) is 4.79 Å². The van der Waals surface area contributed by atoms with Crippen molar-refractivity contribution in [3.05, 3.63) is 29.8 Å². The second-order valence-corrected chi connectivity index (χ2v) is 5.28. The summed E-state index contributed by atoms with van der Waals surface area (Å²) in [6.07, 6.45) is 1.13. The van der Waals surface area contributed by atoms with Crippen LogP contribution in [0.4, 0.5) is 4.79 Å². The first-order valence-corrected chi connectivity index (χ1v) is 6.80. The third-order valence-electron chi connectivity index (χ3n) is 3.47. The zero-order valence-corrected chi connectivity index (χ0v) is 11.5. The number of hydrogen-bond donors (Lipinski definition) is 1. The first-order chi connectivity index (χ1) is 9.06. The lowest BCUT2D eigenvalue weighted by Crippen LogP contribution is -2.36. The second-order valence-electron chi connectivity index (χ2n) is 5.28. The van der Waals surface area contributed by atoms with Crippen LogP contribution in [0, 0.1) is 0 Å². The molecule has 1 amide bonds. The molecule has 0 aromatic heterocycles. The third-order valence-corrected chi connectivity index (χ3v) is 3.47. The fourth-order valence-corrected chi connectivity index (χ4v) is 2.52. The molecule has 1 fully saturated rings. The van der Waals surface area contributed by atoms with Crippen molar-refractivity contribution in [2.75, 3.05) is 13.1 Å². The van der Waals surface area contributed by atoms with Crippen LogP contribution >= 0.6 is 0 Å². The Labute approximate surface area is 114 Å². The summed E-state index contributed by atoms with van der Waals surface area (Å²) in [5.74, 6) is 1.33. The van der Waals surface area contributed by atoms with Gasteiger partial charge >= 0.3 is 6.09 Å². The summed E-state index contributed by atoms with van der Waals surface area (Å²) in [5, 5.41) is 8.94. The lowest BCUT2D eigenvalue weighted by molar-refractivity contribution is 0.132. The summed E-state index contributed by atoms with van der Waals surface area (Å²) in [6.45, 7) is 5.26. The van der Waals surface area contributed by atoms with Crippen LogP contribution in [0.2, 0.25) is 0 Å². The topological polar surface area (TPSA) is 49.8 Å². The highest BCUT2D eigenvalue weighted by atomic mass is 16.5. The molecule has 19 heavy (non-hydrogen) atoms. The monoisotopic (exact) mass is 263 g/mol. The molecule has 104 valence electrons. The zero-order chi connectivity index (χ0) is 13.8. The molecule has 4 heteroatoms. The fourth-order valence-electron chi connectivity index (χ4n) is 2.52. The second kappa shape index (κ2) is 5.95. The van der Waals surface area contributed by atoms with Crippen molar-refractivity contribution in [2.24, 2.45) is 0 Å². The van der Waals surface area contributed by atoms with Crippen LogP contribution in [0.3, 0.4) is 0 Å². The Morgan fingerprint density at radius 2 is 2.05 bits per heavy atom. The minimum Gasteiger partial charge on any atom is -0.491 e. The molecule has 0 bridgehead atoms. The molecule has 0 atom stereocenters. The van der Waals surface area contributed by atoms with Gasteiger partial charge in [-0.15, -0.1) is 0 Å². The van der Waals surface area contributed by atoms with Crippen molar-refractivity contribution >= 4 is 6.09 Å². The van der Waals surface area contributed by atoms with Crippen molar-refractivity contribution in [1.82, 2.24) is 4.90 Å². The van der Waals surface area contributed by atoms with E-state index < -0.39 is 6.09 Å². The first kappa shape index (κ1) is 13.7. The highest BCUT2D eigenvalue weighted by molar-refractivity contribution is 5.65. The van der Waals surface area contributed by atoms with E-state index in [-0.39, 0.29) is 6.10 Å². The molecule has 0 saturated carbocycles. The molecule has 1 aromatic carbocycles. The van der Waals surface area contributed by atoms with Crippen molar-refractivity contribution < 1.29 is 14.6 Å². The number of piperidine rings is 1. The van der Waals surface area contributed by atoms with Gasteiger partial charge in [0.1, 0.15) is 5.75 Å². The number of hydrogen-bond acceptors (Lipinski definition) is 2. The van der Waals surface area contributed by atoms with Crippen LogP contribution in [0.15, 0.2) is 24.3 Å². The molecule has 0 radical (unpaired) electrons. The average Bonchev–Trinajstić information content (AvgIpc) is 2.38. The van der Waals surface area contributed by atoms with Gasteiger partial charge in [0.05, 0.1) is 6.10 Å². The Hall–Kier alpha value is -1.71. The van der Waals surface area contributed by atoms with Crippen LogP contribution in [0.25, 0.3) is 0 Å². The molecule has 0 unspecified atom stereocenters. The van der Waals surface area contributed by atoms with Gasteiger partial charge in [-0.1, -0.05) is 12.1 Å². The zero-order valence-electron chi connectivity index (χ0n) is 11.5. The van der Waals surface area contributed by atoms with Gasteiger partial charge in [-0.05, 0) is 50.3 Å². The molecular weight excluding hydrogens is 242 g/mol. The van der Waals surface area contributed by atoms with Gasteiger partial charge in [0.15, 0.2) is 0 Å². The predicted octanol–water partition coefficient (Wildman–Crippen LogP) is 3.33. The number of benzene rings is 1. The largest absolute Gasteiger partial charge is 0.491 e. The number of ether oxygens (including phenoxy) is 1. The number of carbonyl (C=O) groups is 1. The SMILES string of the molecule is CC(C)Oc1cccc(C2CCN(C(=O)O)CC2)c1. The molecule has 2 rings (SSSR count). The predicted molar refractivity (Wildman–Crippen MR) is 73.8 cm³/mol. The van der Waals surface area contributed by atoms with Crippen molar-refractivity contribution in [2.45, 2.75) is 38.7 Å². The maximum atomic E-state index is 10.9. The number of likely N-dealkylation sites (tertiary alicyclic amines) is 1. The number of rotatable bonds is 3. The van der Waals surface area contributed by atoms with Crippen LogP contribution in [-0.2, 0) is 0 Å². The van der Waals surface area contributed by atoms with Crippen LogP contribution in [-0.4, -0.2) is 35.3 Å². The summed E-state index contributed by atoms with van der Waals surface area (Å²) in [6, 6.07) is 8.17. The van der Waals surface area contributed by atoms with Gasteiger partial charge in [0, 0.05) is 13.1 Å². The summed E-state index contributed by atoms with van der Waals surface area (Å²) in [4.78, 5) is 12.4. The van der Waals surface area contributed by atoms with Gasteiger partial charge in [0.25, 0.3) is 0 Å². The molecule has 1 heterocycles. The summed E-state index contributed by atoms with van der Waals surface area (Å²) < 4.78 is 5.70. The third kappa shape index (κ3) is 3.63. The van der Waals surface area contributed by atoms with Crippen LogP contribution in [0.5, 0.6) is 5.75 Å². The van der Waals surface area contributed by atoms with Crippen LogP contribution in [0.1, 0.15) is 38.2 Å². The minimum absolute atomic E-state index is 0.170. The Morgan fingerprint density at radius 3 is 2.63 bits per heavy atom. The Balaban J connectivity index is 2.01. The highest BCUT2D eigenvalue weighted by Crippen LogP contribution is 2.30. The minimum atomic E-state index is -0.810. The van der Waals surface area contributed by atoms with E-state index in [1.165, 1.54) is 10.5 Å². The van der Waals surface area contributed by atoms with Gasteiger partial charge in [-0.2, -0.15) is 0 Å². The highest BCUT2D eigenvalue weighted by Gasteiger charge is 2.23. The van der Waals surface area contributed by atoms with E-state index in [2.05, 4.69) is 12.1 Å². The van der Waals surface area contributed by atoms with Crippen molar-refractivity contribution in [1.29, 1.82) is 0 Å². The lowest BCUT2D eigenvalue weighted by atomic mass is 9.89. The number of amides is 1. The normalized spacial score (nSPS) is 16.7. The van der Waals surface area contributed by atoms with E-state index in [0.717, 1.165) is 18.6 Å². The van der Waals surface area contributed by atoms with Gasteiger partial charge in [-0.3, -0.25) is 0 Å². The first-order valence-electron chi connectivity index (χ1n) is 6.80. The van der Waals surface area contributed by atoms with E-state index in [1.54, 1.807) is 0 Å². The molecule has 1 saturated heterocycles. The Bertz CT molecular complexity index is 437. The smallest absolute Gasteiger partial charge is 0.407 e. The average molecular weight is 263 g/mol. The number of nitrogens with zero attached hydrogens (tertiary/aromatic N) is 1. The molecule has 1 aliphatic rings. The molecule has 0 aliphatic carbocycles. The molecule has 0 spiro atoms. The Morgan fingerprint density at radius 1 is 1.37 bits per heavy atom. The number of carboxylic acid groups (broad SMARTS) is 1. The molecule has 4 nitrogen and oxygen atoms in total. The summed E-state index contributed by atoms with van der Waals surface area (Å²) >= 11 is 0. The maximum Gasteiger partial charge on any atom is 0.407 e. The van der Waals surface area contributed by atoms with E-state index in [9.17, 15) is 4.79 Å². The molecule has 1 aromatic rings. The molecule has 1 N–H and O–H groups in total. The van der Waals surface area contributed by atoms with Crippen molar-refractivity contribution in [3.63, 3.8) is 0 Å². The quantitative estimate of drug-likeness (QED) is 0.910. The van der Waals surface area contributed by atoms with E-state index in [0.29, 0.717) is 19.0 Å². The van der Waals surface area contributed by atoms with E-state index >= 15 is 0 Å². The van der Waals surface area contributed by atoms with Gasteiger partial charge in [0.2, 0.25) is 0 Å². The van der Waals surface area contributed by atoms with Crippen molar-refractivity contribution in [3.8, 4) is 5.75 Å². The summed E-state index contributed by atoms with van der Waals surface area (Å²) in [5.41, 5.74) is 1.25. The molecule has 1 aliphatic heterocycles. The van der Waals surface area contributed by atoms with E-state index in [1.807, 2.05) is 26.0 Å². The summed E-state index contributed by atoms with van der Waals surface area (Å²) in [7, 11) is 0. The maximum absolute atomic E-state index is 10.9.